The topological polar surface area (TPSA) is 119 Å². The minimum absolute atomic E-state index is 0.250. The highest BCUT2D eigenvalue weighted by Crippen LogP contribution is 1.89. The molecule has 0 N–H and O–H groups in total. The minimum atomic E-state index is -0.250. The van der Waals surface area contributed by atoms with E-state index in [1.165, 1.54) is 0 Å². The summed E-state index contributed by atoms with van der Waals surface area (Å²) in [6.07, 6.45) is 0.258. The average molecular weight is 577 g/mol. The molecule has 0 aromatic carbocycles. The molecule has 0 saturated heterocycles. The Bertz CT molecular complexity index is 462. The zero-order valence-corrected chi connectivity index (χ0v) is 23.8. The molecular formula is C25H49ClO12. The van der Waals surface area contributed by atoms with Crippen LogP contribution in [0.4, 0.5) is 0 Å². The van der Waals surface area contributed by atoms with Crippen LogP contribution in [0.15, 0.2) is 0 Å². The quantitative estimate of drug-likeness (QED) is 0.0637. The molecule has 0 fully saturated rings. The summed E-state index contributed by atoms with van der Waals surface area (Å²) in [6, 6.07) is 0. The van der Waals surface area contributed by atoms with Gasteiger partial charge in [-0.3, -0.25) is 4.79 Å². The number of ether oxygens (including phenoxy) is 11. The maximum atomic E-state index is 11.1. The lowest BCUT2D eigenvalue weighted by Crippen LogP contribution is -2.15. The van der Waals surface area contributed by atoms with E-state index in [1.807, 2.05) is 0 Å². The van der Waals surface area contributed by atoms with Crippen LogP contribution in [0.5, 0.6) is 0 Å². The highest BCUT2D eigenvalue weighted by molar-refractivity contribution is 6.17. The Morgan fingerprint density at radius 1 is 0.421 bits per heavy atom. The van der Waals surface area contributed by atoms with E-state index in [1.54, 1.807) is 6.92 Å². The van der Waals surface area contributed by atoms with Crippen LogP contribution in [0.2, 0.25) is 0 Å². The van der Waals surface area contributed by atoms with Crippen molar-refractivity contribution in [2.45, 2.75) is 13.3 Å². The fraction of sp³-hybridized carbons (Fsp3) is 0.960. The van der Waals surface area contributed by atoms with Gasteiger partial charge in [-0.2, -0.15) is 0 Å². The number of carbonyl (C=O) groups is 1. The molecule has 13 heteroatoms. The first-order valence-corrected chi connectivity index (χ1v) is 13.8. The number of halogens is 1. The molecule has 0 radical (unpaired) electrons. The third-order valence-electron chi connectivity index (χ3n) is 4.33. The molecule has 0 rings (SSSR count). The maximum Gasteiger partial charge on any atom is 0.308 e. The predicted molar refractivity (Wildman–Crippen MR) is 140 cm³/mol. The molecule has 0 atom stereocenters. The second-order valence-corrected chi connectivity index (χ2v) is 7.75. The van der Waals surface area contributed by atoms with Crippen molar-refractivity contribution in [3.63, 3.8) is 0 Å². The van der Waals surface area contributed by atoms with Crippen molar-refractivity contribution in [3.05, 3.63) is 0 Å². The van der Waals surface area contributed by atoms with Crippen molar-refractivity contribution in [2.24, 2.45) is 0 Å². The van der Waals surface area contributed by atoms with E-state index in [0.29, 0.717) is 145 Å². The number of hydrogen-bond acceptors (Lipinski definition) is 12. The first-order valence-electron chi connectivity index (χ1n) is 13.3. The summed E-state index contributed by atoms with van der Waals surface area (Å²) in [5.74, 6) is 0.246. The molecule has 0 unspecified atom stereocenters. The summed E-state index contributed by atoms with van der Waals surface area (Å²) >= 11 is 5.50. The Balaban J connectivity index is 3.04. The normalized spacial score (nSPS) is 11.3. The lowest BCUT2D eigenvalue weighted by Gasteiger charge is -2.09. The van der Waals surface area contributed by atoms with E-state index in [0.717, 1.165) is 0 Å². The van der Waals surface area contributed by atoms with Gasteiger partial charge in [-0.05, 0) is 6.92 Å². The van der Waals surface area contributed by atoms with Gasteiger partial charge in [-0.25, -0.2) is 0 Å². The Morgan fingerprint density at radius 2 is 0.658 bits per heavy atom. The van der Waals surface area contributed by atoms with Gasteiger partial charge in [0.05, 0.1) is 145 Å². The molecular weight excluding hydrogens is 528 g/mol. The molecule has 0 aromatic rings. The van der Waals surface area contributed by atoms with Crippen molar-refractivity contribution in [3.8, 4) is 0 Å². The van der Waals surface area contributed by atoms with Crippen LogP contribution >= 0.6 is 11.6 Å². The van der Waals surface area contributed by atoms with Gasteiger partial charge in [0.15, 0.2) is 0 Å². The number of hydrogen-bond donors (Lipinski definition) is 0. The van der Waals surface area contributed by atoms with Crippen LogP contribution in [-0.2, 0) is 56.9 Å². The van der Waals surface area contributed by atoms with Crippen molar-refractivity contribution in [2.75, 3.05) is 145 Å². The third-order valence-corrected chi connectivity index (χ3v) is 4.48. The number of alkyl halides is 1. The van der Waals surface area contributed by atoms with E-state index in [4.69, 9.17) is 63.7 Å². The average Bonchev–Trinajstić information content (AvgIpc) is 2.92. The van der Waals surface area contributed by atoms with E-state index in [9.17, 15) is 4.79 Å². The number of carbonyl (C=O) groups excluding carboxylic acids is 1. The second kappa shape index (κ2) is 34.4. The first-order chi connectivity index (χ1) is 18.8. The lowest BCUT2D eigenvalue weighted by atomic mass is 10.5. The Hall–Kier alpha value is -0.640. The maximum absolute atomic E-state index is 11.1. The van der Waals surface area contributed by atoms with Gasteiger partial charge in [0.1, 0.15) is 0 Å². The molecule has 12 nitrogen and oxygen atoms in total. The van der Waals surface area contributed by atoms with Gasteiger partial charge in [0, 0.05) is 5.88 Å². The van der Waals surface area contributed by atoms with Crippen molar-refractivity contribution < 1.29 is 56.9 Å². The van der Waals surface area contributed by atoms with Crippen LogP contribution in [0, 0.1) is 0 Å². The molecule has 38 heavy (non-hydrogen) atoms. The van der Waals surface area contributed by atoms with Crippen molar-refractivity contribution in [1.82, 2.24) is 0 Å². The third kappa shape index (κ3) is 33.4. The van der Waals surface area contributed by atoms with Crippen LogP contribution in [0.1, 0.15) is 13.3 Å². The number of esters is 1. The molecule has 0 aromatic heterocycles. The zero-order chi connectivity index (χ0) is 27.6. The molecule has 0 saturated carbocycles. The lowest BCUT2D eigenvalue weighted by molar-refractivity contribution is -0.144. The summed E-state index contributed by atoms with van der Waals surface area (Å²) in [5.41, 5.74) is 0. The fourth-order valence-corrected chi connectivity index (χ4v) is 2.63. The number of rotatable bonds is 33. The Morgan fingerprint density at radius 3 is 0.895 bits per heavy atom. The van der Waals surface area contributed by atoms with Crippen molar-refractivity contribution in [1.29, 1.82) is 0 Å². The van der Waals surface area contributed by atoms with Gasteiger partial charge in [-0.1, -0.05) is 0 Å². The Kier molecular flexibility index (Phi) is 33.8. The van der Waals surface area contributed by atoms with Gasteiger partial charge in [0.25, 0.3) is 0 Å². The van der Waals surface area contributed by atoms with Crippen LogP contribution in [0.3, 0.4) is 0 Å². The summed E-state index contributed by atoms with van der Waals surface area (Å²) in [4.78, 5) is 11.1. The molecule has 0 heterocycles. The largest absolute Gasteiger partial charge is 0.466 e. The summed E-state index contributed by atoms with van der Waals surface area (Å²) < 4.78 is 58.6. The van der Waals surface area contributed by atoms with Gasteiger partial charge < -0.3 is 52.1 Å². The molecule has 0 spiro atoms. The second-order valence-electron chi connectivity index (χ2n) is 7.37. The fourth-order valence-electron chi connectivity index (χ4n) is 2.52. The van der Waals surface area contributed by atoms with Crippen molar-refractivity contribution >= 4 is 17.6 Å². The monoisotopic (exact) mass is 576 g/mol. The van der Waals surface area contributed by atoms with E-state index >= 15 is 0 Å². The van der Waals surface area contributed by atoms with Crippen LogP contribution < -0.4 is 0 Å². The SMILES string of the molecule is CCOC(=O)CCOCCOCCOCCOCCOCCOCCOCCOCCOCCOCCCl. The first kappa shape index (κ1) is 37.4. The van der Waals surface area contributed by atoms with Gasteiger partial charge >= 0.3 is 5.97 Å². The summed E-state index contributed by atoms with van der Waals surface area (Å²) in [6.45, 7) is 12.1. The molecule has 0 aliphatic carbocycles. The van der Waals surface area contributed by atoms with E-state index in [2.05, 4.69) is 0 Å². The van der Waals surface area contributed by atoms with E-state index in [-0.39, 0.29) is 12.4 Å². The zero-order valence-electron chi connectivity index (χ0n) is 23.0. The molecule has 0 aliphatic heterocycles. The van der Waals surface area contributed by atoms with Gasteiger partial charge in [0.2, 0.25) is 0 Å². The summed E-state index contributed by atoms with van der Waals surface area (Å²) in [7, 11) is 0. The van der Waals surface area contributed by atoms with Gasteiger partial charge in [-0.15, -0.1) is 11.6 Å². The minimum Gasteiger partial charge on any atom is -0.466 e. The van der Waals surface area contributed by atoms with Crippen LogP contribution in [-0.4, -0.2) is 151 Å². The van der Waals surface area contributed by atoms with E-state index < -0.39 is 0 Å². The predicted octanol–water partition coefficient (Wildman–Crippen LogP) is 1.34. The molecule has 228 valence electrons. The standard InChI is InChI=1S/C25H49ClO12/c1-2-38-25(27)3-5-28-7-9-30-11-13-32-15-17-34-19-21-36-23-24-37-22-20-35-18-16-33-14-12-31-10-8-29-6-4-26/h2-24H2,1H3. The van der Waals surface area contributed by atoms with Crippen LogP contribution in [0.25, 0.3) is 0 Å². The molecule has 0 amide bonds. The smallest absolute Gasteiger partial charge is 0.308 e. The highest BCUT2D eigenvalue weighted by Gasteiger charge is 2.00. The molecule has 0 aliphatic rings. The highest BCUT2D eigenvalue weighted by atomic mass is 35.5. The summed E-state index contributed by atoms with van der Waals surface area (Å²) in [5, 5.41) is 0. The Labute approximate surface area is 232 Å². The molecule has 0 bridgehead atoms.